The number of nitrogens with zero attached hydrogens (tertiary/aromatic N) is 1. The zero-order valence-corrected chi connectivity index (χ0v) is 8.17. The van der Waals surface area contributed by atoms with Crippen LogP contribution in [0.3, 0.4) is 0 Å². The van der Waals surface area contributed by atoms with Crippen molar-refractivity contribution in [1.29, 1.82) is 0 Å². The van der Waals surface area contributed by atoms with E-state index in [9.17, 15) is 0 Å². The van der Waals surface area contributed by atoms with Gasteiger partial charge in [0.2, 0.25) is 0 Å². The lowest BCUT2D eigenvalue weighted by atomic mass is 10.3. The normalized spacial score (nSPS) is 13.4. The van der Waals surface area contributed by atoms with Crippen LogP contribution in [0.25, 0.3) is 0 Å². The summed E-state index contributed by atoms with van der Waals surface area (Å²) < 4.78 is 0.616. The van der Waals surface area contributed by atoms with Crippen LogP contribution in [-0.4, -0.2) is 11.5 Å². The number of rotatable bonds is 3. The molecule has 0 bridgehead atoms. The Morgan fingerprint density at radius 2 is 2.55 bits per heavy atom. The van der Waals surface area contributed by atoms with Gasteiger partial charge < -0.3 is 5.32 Å². The van der Waals surface area contributed by atoms with Crippen molar-refractivity contribution in [3.63, 3.8) is 0 Å². The van der Waals surface area contributed by atoms with Gasteiger partial charge in [0.25, 0.3) is 0 Å². The van der Waals surface area contributed by atoms with Gasteiger partial charge in [0.05, 0.1) is 0 Å². The van der Waals surface area contributed by atoms with Crippen LogP contribution >= 0.6 is 22.9 Å². The van der Waals surface area contributed by atoms with E-state index in [0.717, 1.165) is 6.54 Å². The minimum absolute atomic E-state index is 0.366. The molecule has 0 fully saturated rings. The summed E-state index contributed by atoms with van der Waals surface area (Å²) in [5, 5.41) is 3.29. The van der Waals surface area contributed by atoms with E-state index in [1.54, 1.807) is 0 Å². The molecule has 1 N–H and O–H groups in total. The Bertz CT molecular complexity index is 224. The fourth-order valence-corrected chi connectivity index (χ4v) is 1.85. The van der Waals surface area contributed by atoms with Crippen molar-refractivity contribution in [3.8, 4) is 0 Å². The molecule has 0 aromatic carbocycles. The Labute approximate surface area is 75.6 Å². The maximum atomic E-state index is 5.68. The summed E-state index contributed by atoms with van der Waals surface area (Å²) in [6.45, 7) is 5.16. The lowest BCUT2D eigenvalue weighted by Crippen LogP contribution is -2.16. The van der Waals surface area contributed by atoms with E-state index in [2.05, 4.69) is 24.1 Å². The third-order valence-electron chi connectivity index (χ3n) is 1.43. The number of hydrogen-bond donors (Lipinski definition) is 1. The van der Waals surface area contributed by atoms with E-state index in [1.807, 2.05) is 6.20 Å². The standard InChI is InChI=1S/C7H11ClN2S/c1-3-9-5(2)6-4-10-7(8)11-6/h4-5,9H,3H2,1-2H3. The summed E-state index contributed by atoms with van der Waals surface area (Å²) in [6.07, 6.45) is 1.82. The van der Waals surface area contributed by atoms with Crippen LogP contribution in [-0.2, 0) is 0 Å². The molecule has 4 heteroatoms. The topological polar surface area (TPSA) is 24.9 Å². The molecule has 1 heterocycles. The van der Waals surface area contributed by atoms with E-state index in [-0.39, 0.29) is 0 Å². The lowest BCUT2D eigenvalue weighted by molar-refractivity contribution is 0.606. The first-order chi connectivity index (χ1) is 5.24. The molecule has 1 aromatic rings. The van der Waals surface area contributed by atoms with E-state index in [4.69, 9.17) is 11.6 Å². The Morgan fingerprint density at radius 3 is 3.00 bits per heavy atom. The summed E-state index contributed by atoms with van der Waals surface area (Å²) in [5.74, 6) is 0. The van der Waals surface area contributed by atoms with Gasteiger partial charge in [-0.2, -0.15) is 0 Å². The van der Waals surface area contributed by atoms with E-state index < -0.39 is 0 Å². The molecular formula is C7H11ClN2S. The van der Waals surface area contributed by atoms with E-state index in [0.29, 0.717) is 10.5 Å². The molecule has 1 rings (SSSR count). The second-order valence-corrected chi connectivity index (χ2v) is 3.94. The zero-order chi connectivity index (χ0) is 8.27. The highest BCUT2D eigenvalue weighted by atomic mass is 35.5. The van der Waals surface area contributed by atoms with Crippen LogP contribution in [0, 0.1) is 0 Å². The summed E-state index contributed by atoms with van der Waals surface area (Å²) in [5.41, 5.74) is 0. The summed E-state index contributed by atoms with van der Waals surface area (Å²) in [4.78, 5) is 5.16. The minimum Gasteiger partial charge on any atom is -0.310 e. The molecule has 0 saturated carbocycles. The Morgan fingerprint density at radius 1 is 1.82 bits per heavy atom. The van der Waals surface area contributed by atoms with Crippen molar-refractivity contribution in [1.82, 2.24) is 10.3 Å². The highest BCUT2D eigenvalue weighted by Gasteiger charge is 2.06. The van der Waals surface area contributed by atoms with Gasteiger partial charge >= 0.3 is 0 Å². The molecule has 0 aliphatic heterocycles. The highest BCUT2D eigenvalue weighted by molar-refractivity contribution is 7.15. The number of thiazole rings is 1. The van der Waals surface area contributed by atoms with Crippen LogP contribution < -0.4 is 5.32 Å². The molecule has 0 radical (unpaired) electrons. The van der Waals surface area contributed by atoms with E-state index in [1.165, 1.54) is 16.2 Å². The second kappa shape index (κ2) is 4.04. The quantitative estimate of drug-likeness (QED) is 0.792. The zero-order valence-electron chi connectivity index (χ0n) is 6.60. The van der Waals surface area contributed by atoms with Crippen molar-refractivity contribution in [3.05, 3.63) is 15.5 Å². The number of halogens is 1. The summed E-state index contributed by atoms with van der Waals surface area (Å²) in [6, 6.07) is 0.366. The van der Waals surface area contributed by atoms with Gasteiger partial charge in [-0.15, -0.1) is 11.3 Å². The van der Waals surface area contributed by atoms with Crippen molar-refractivity contribution >= 4 is 22.9 Å². The number of aromatic nitrogens is 1. The maximum Gasteiger partial charge on any atom is 0.183 e. The third-order valence-corrected chi connectivity index (χ3v) is 2.73. The van der Waals surface area contributed by atoms with Crippen molar-refractivity contribution in [2.45, 2.75) is 19.9 Å². The van der Waals surface area contributed by atoms with Crippen molar-refractivity contribution in [2.75, 3.05) is 6.54 Å². The number of nitrogens with one attached hydrogen (secondary N) is 1. The Kier molecular flexibility index (Phi) is 3.30. The third kappa shape index (κ3) is 2.43. The molecule has 1 aromatic heterocycles. The molecule has 0 amide bonds. The molecule has 11 heavy (non-hydrogen) atoms. The average Bonchev–Trinajstić information content (AvgIpc) is 2.36. The average molecular weight is 191 g/mol. The maximum absolute atomic E-state index is 5.68. The molecule has 0 aliphatic rings. The number of hydrogen-bond acceptors (Lipinski definition) is 3. The first kappa shape index (κ1) is 8.97. The van der Waals surface area contributed by atoms with Gasteiger partial charge in [-0.3, -0.25) is 0 Å². The molecule has 0 spiro atoms. The monoisotopic (exact) mass is 190 g/mol. The van der Waals surface area contributed by atoms with Crippen LogP contribution in [0.4, 0.5) is 0 Å². The molecule has 62 valence electrons. The predicted molar refractivity (Wildman–Crippen MR) is 49.2 cm³/mol. The van der Waals surface area contributed by atoms with Crippen LogP contribution in [0.1, 0.15) is 24.8 Å². The van der Waals surface area contributed by atoms with Crippen molar-refractivity contribution in [2.24, 2.45) is 0 Å². The molecular weight excluding hydrogens is 180 g/mol. The SMILES string of the molecule is CCNC(C)c1cnc(Cl)s1. The lowest BCUT2D eigenvalue weighted by Gasteiger charge is -2.07. The Hall–Kier alpha value is -0.120. The fraction of sp³-hybridized carbons (Fsp3) is 0.571. The first-order valence-corrected chi connectivity index (χ1v) is 4.78. The molecule has 2 nitrogen and oxygen atoms in total. The first-order valence-electron chi connectivity index (χ1n) is 3.58. The predicted octanol–water partition coefficient (Wildman–Crippen LogP) is 2.47. The summed E-state index contributed by atoms with van der Waals surface area (Å²) in [7, 11) is 0. The van der Waals surface area contributed by atoms with Gasteiger partial charge in [-0.1, -0.05) is 18.5 Å². The molecule has 1 atom stereocenters. The Balaban J connectivity index is 2.60. The smallest absolute Gasteiger partial charge is 0.183 e. The van der Waals surface area contributed by atoms with Gasteiger partial charge in [0.1, 0.15) is 0 Å². The van der Waals surface area contributed by atoms with Crippen LogP contribution in [0.5, 0.6) is 0 Å². The van der Waals surface area contributed by atoms with Gasteiger partial charge in [0.15, 0.2) is 4.47 Å². The molecule has 1 unspecified atom stereocenters. The van der Waals surface area contributed by atoms with Crippen molar-refractivity contribution < 1.29 is 0 Å². The molecule has 0 aliphatic carbocycles. The highest BCUT2D eigenvalue weighted by Crippen LogP contribution is 2.23. The minimum atomic E-state index is 0.366. The van der Waals surface area contributed by atoms with E-state index >= 15 is 0 Å². The van der Waals surface area contributed by atoms with Crippen LogP contribution in [0.2, 0.25) is 4.47 Å². The second-order valence-electron chi connectivity index (χ2n) is 2.29. The largest absolute Gasteiger partial charge is 0.310 e. The van der Waals surface area contributed by atoms with Gasteiger partial charge in [-0.05, 0) is 13.5 Å². The molecule has 0 saturated heterocycles. The summed E-state index contributed by atoms with van der Waals surface area (Å²) >= 11 is 7.21. The van der Waals surface area contributed by atoms with Gasteiger partial charge in [-0.25, -0.2) is 4.98 Å². The van der Waals surface area contributed by atoms with Crippen LogP contribution in [0.15, 0.2) is 6.20 Å². The van der Waals surface area contributed by atoms with Gasteiger partial charge in [0, 0.05) is 17.1 Å². The fourth-order valence-electron chi connectivity index (χ4n) is 0.871.